The standard InChI is InChI=1S/C15H20N2O2/c16-13-7-12-6-11(13)8-14(12)17-15(18)19-9-10-4-2-1-3-5-10/h1-5,11-14H,6-9,16H2,(H,17,18)/t11-,12-,13+,14+/m0/s1. The first-order valence-electron chi connectivity index (χ1n) is 6.95. The van der Waals surface area contributed by atoms with Crippen LogP contribution in [0.3, 0.4) is 0 Å². The Bertz CT molecular complexity index is 447. The second-order valence-corrected chi connectivity index (χ2v) is 5.70. The Kier molecular flexibility index (Phi) is 3.42. The van der Waals surface area contributed by atoms with Gasteiger partial charge in [0.2, 0.25) is 0 Å². The van der Waals surface area contributed by atoms with Crippen LogP contribution in [0.4, 0.5) is 4.79 Å². The Balaban J connectivity index is 1.45. The molecule has 4 nitrogen and oxygen atoms in total. The third-order valence-corrected chi connectivity index (χ3v) is 4.43. The molecule has 0 heterocycles. The van der Waals surface area contributed by atoms with Gasteiger partial charge in [0.15, 0.2) is 0 Å². The highest BCUT2D eigenvalue weighted by Gasteiger charge is 2.44. The van der Waals surface area contributed by atoms with E-state index in [9.17, 15) is 4.79 Å². The number of nitrogens with one attached hydrogen (secondary N) is 1. The van der Waals surface area contributed by atoms with Crippen molar-refractivity contribution >= 4 is 6.09 Å². The topological polar surface area (TPSA) is 64.3 Å². The number of nitrogens with two attached hydrogens (primary N) is 1. The summed E-state index contributed by atoms with van der Waals surface area (Å²) in [6, 6.07) is 10.3. The van der Waals surface area contributed by atoms with Gasteiger partial charge in [-0.1, -0.05) is 30.3 Å². The number of hydrogen-bond acceptors (Lipinski definition) is 3. The summed E-state index contributed by atoms with van der Waals surface area (Å²) in [7, 11) is 0. The van der Waals surface area contributed by atoms with Gasteiger partial charge in [0.25, 0.3) is 0 Å². The largest absolute Gasteiger partial charge is 0.445 e. The fourth-order valence-corrected chi connectivity index (χ4v) is 3.41. The SMILES string of the molecule is N[C@@H]1C[C@@H]2C[C@H]1C[C@H]2NC(=O)OCc1ccccc1. The molecule has 0 radical (unpaired) electrons. The lowest BCUT2D eigenvalue weighted by molar-refractivity contribution is 0.131. The molecule has 1 amide bonds. The van der Waals surface area contributed by atoms with Crippen LogP contribution in [-0.4, -0.2) is 18.2 Å². The smallest absolute Gasteiger partial charge is 0.407 e. The van der Waals surface area contributed by atoms with Crippen LogP contribution < -0.4 is 11.1 Å². The predicted molar refractivity (Wildman–Crippen MR) is 72.4 cm³/mol. The van der Waals surface area contributed by atoms with E-state index >= 15 is 0 Å². The van der Waals surface area contributed by atoms with Crippen LogP contribution in [0.15, 0.2) is 30.3 Å². The molecular weight excluding hydrogens is 240 g/mol. The molecule has 1 aromatic rings. The number of ether oxygens (including phenoxy) is 1. The Hall–Kier alpha value is -1.55. The second-order valence-electron chi connectivity index (χ2n) is 5.70. The first kappa shape index (κ1) is 12.5. The maximum Gasteiger partial charge on any atom is 0.407 e. The summed E-state index contributed by atoms with van der Waals surface area (Å²) >= 11 is 0. The summed E-state index contributed by atoms with van der Waals surface area (Å²) in [5.41, 5.74) is 7.01. The lowest BCUT2D eigenvalue weighted by atomic mass is 9.92. The van der Waals surface area contributed by atoms with E-state index in [-0.39, 0.29) is 12.1 Å². The van der Waals surface area contributed by atoms with Gasteiger partial charge in [-0.15, -0.1) is 0 Å². The maximum atomic E-state index is 11.8. The fraction of sp³-hybridized carbons (Fsp3) is 0.533. The Morgan fingerprint density at radius 2 is 2.00 bits per heavy atom. The fourth-order valence-electron chi connectivity index (χ4n) is 3.41. The third-order valence-electron chi connectivity index (χ3n) is 4.43. The molecule has 1 aromatic carbocycles. The van der Waals surface area contributed by atoms with Crippen molar-refractivity contribution in [2.24, 2.45) is 17.6 Å². The molecule has 4 heteroatoms. The lowest BCUT2D eigenvalue weighted by Crippen LogP contribution is -2.42. The van der Waals surface area contributed by atoms with Gasteiger partial charge in [-0.25, -0.2) is 4.79 Å². The summed E-state index contributed by atoms with van der Waals surface area (Å²) in [6.07, 6.45) is 2.89. The molecule has 2 aliphatic rings. The molecule has 0 saturated heterocycles. The number of hydrogen-bond donors (Lipinski definition) is 2. The molecule has 0 unspecified atom stereocenters. The van der Waals surface area contributed by atoms with Gasteiger partial charge in [0, 0.05) is 12.1 Å². The molecule has 2 fully saturated rings. The monoisotopic (exact) mass is 260 g/mol. The Morgan fingerprint density at radius 3 is 2.63 bits per heavy atom. The molecule has 4 atom stereocenters. The zero-order valence-electron chi connectivity index (χ0n) is 10.9. The number of benzene rings is 1. The van der Waals surface area contributed by atoms with Gasteiger partial charge in [-0.3, -0.25) is 0 Å². The minimum absolute atomic E-state index is 0.257. The van der Waals surface area contributed by atoms with Crippen molar-refractivity contribution in [3.8, 4) is 0 Å². The Morgan fingerprint density at radius 1 is 1.21 bits per heavy atom. The van der Waals surface area contributed by atoms with E-state index in [1.54, 1.807) is 0 Å². The number of carbonyl (C=O) groups is 1. The number of rotatable bonds is 3. The van der Waals surface area contributed by atoms with Crippen LogP contribution in [0.2, 0.25) is 0 Å². The van der Waals surface area contributed by atoms with Crippen LogP contribution in [0.1, 0.15) is 24.8 Å². The highest BCUT2D eigenvalue weighted by atomic mass is 16.5. The number of amides is 1. The predicted octanol–water partition coefficient (Wildman–Crippen LogP) is 2.04. The van der Waals surface area contributed by atoms with Crippen molar-refractivity contribution in [1.29, 1.82) is 0 Å². The number of alkyl carbamates (subject to hydrolysis) is 1. The van der Waals surface area contributed by atoms with Crippen LogP contribution >= 0.6 is 0 Å². The van der Waals surface area contributed by atoms with Crippen molar-refractivity contribution in [3.05, 3.63) is 35.9 Å². The number of fused-ring (bicyclic) bond motifs is 2. The van der Waals surface area contributed by atoms with Crippen molar-refractivity contribution < 1.29 is 9.53 Å². The molecule has 0 aromatic heterocycles. The van der Waals surface area contributed by atoms with Crippen LogP contribution in [0, 0.1) is 11.8 Å². The zero-order valence-corrected chi connectivity index (χ0v) is 10.9. The van der Waals surface area contributed by atoms with E-state index in [1.807, 2.05) is 30.3 Å². The van der Waals surface area contributed by atoms with E-state index in [2.05, 4.69) is 5.32 Å². The average Bonchev–Trinajstić information content (AvgIpc) is 2.96. The van der Waals surface area contributed by atoms with E-state index in [0.29, 0.717) is 24.5 Å². The van der Waals surface area contributed by atoms with Gasteiger partial charge in [0.1, 0.15) is 6.61 Å². The first-order chi connectivity index (χ1) is 9.22. The maximum absolute atomic E-state index is 11.8. The molecule has 3 rings (SSSR count). The lowest BCUT2D eigenvalue weighted by Gasteiger charge is -2.26. The first-order valence-corrected chi connectivity index (χ1v) is 6.95. The summed E-state index contributed by atoms with van der Waals surface area (Å²) in [5.74, 6) is 1.13. The minimum Gasteiger partial charge on any atom is -0.445 e. The molecule has 19 heavy (non-hydrogen) atoms. The normalized spacial score (nSPS) is 32.3. The molecular formula is C15H20N2O2. The van der Waals surface area contributed by atoms with Gasteiger partial charge in [-0.2, -0.15) is 0 Å². The summed E-state index contributed by atoms with van der Waals surface area (Å²) < 4.78 is 5.24. The highest BCUT2D eigenvalue weighted by molar-refractivity contribution is 5.67. The van der Waals surface area contributed by atoms with E-state index < -0.39 is 0 Å². The van der Waals surface area contributed by atoms with Crippen LogP contribution in [0.5, 0.6) is 0 Å². The average molecular weight is 260 g/mol. The second kappa shape index (κ2) is 5.21. The van der Waals surface area contributed by atoms with Crippen molar-refractivity contribution in [1.82, 2.24) is 5.32 Å². The number of carbonyl (C=O) groups excluding carboxylic acids is 1. The van der Waals surface area contributed by atoms with E-state index in [1.165, 1.54) is 0 Å². The molecule has 2 bridgehead atoms. The molecule has 102 valence electrons. The van der Waals surface area contributed by atoms with Crippen LogP contribution in [-0.2, 0) is 11.3 Å². The molecule has 2 aliphatic carbocycles. The quantitative estimate of drug-likeness (QED) is 0.874. The highest BCUT2D eigenvalue weighted by Crippen LogP contribution is 2.43. The summed E-state index contributed by atoms with van der Waals surface area (Å²) in [6.45, 7) is 0.326. The van der Waals surface area contributed by atoms with Gasteiger partial charge in [0.05, 0.1) is 0 Å². The van der Waals surface area contributed by atoms with Gasteiger partial charge >= 0.3 is 6.09 Å². The van der Waals surface area contributed by atoms with E-state index in [4.69, 9.17) is 10.5 Å². The van der Waals surface area contributed by atoms with Crippen molar-refractivity contribution in [2.45, 2.75) is 38.0 Å². The van der Waals surface area contributed by atoms with Gasteiger partial charge < -0.3 is 15.8 Å². The molecule has 0 spiro atoms. The van der Waals surface area contributed by atoms with Crippen LogP contribution in [0.25, 0.3) is 0 Å². The summed E-state index contributed by atoms with van der Waals surface area (Å²) in [4.78, 5) is 11.8. The molecule has 2 saturated carbocycles. The molecule has 0 aliphatic heterocycles. The van der Waals surface area contributed by atoms with E-state index in [0.717, 1.165) is 24.8 Å². The summed E-state index contributed by atoms with van der Waals surface area (Å²) in [5, 5.41) is 2.98. The van der Waals surface area contributed by atoms with Crippen molar-refractivity contribution in [3.63, 3.8) is 0 Å². The molecule has 3 N–H and O–H groups in total. The van der Waals surface area contributed by atoms with Gasteiger partial charge in [-0.05, 0) is 36.7 Å². The Labute approximate surface area is 113 Å². The third kappa shape index (κ3) is 2.73. The minimum atomic E-state index is -0.310. The zero-order chi connectivity index (χ0) is 13.2. The van der Waals surface area contributed by atoms with Crippen molar-refractivity contribution in [2.75, 3.05) is 0 Å².